The summed E-state index contributed by atoms with van der Waals surface area (Å²) >= 11 is 0. The Morgan fingerprint density at radius 3 is 2.24 bits per heavy atom. The van der Waals surface area contributed by atoms with E-state index in [2.05, 4.69) is 13.5 Å². The van der Waals surface area contributed by atoms with Gasteiger partial charge in [0, 0.05) is 0 Å². The second-order valence-electron chi connectivity index (χ2n) is 5.64. The van der Waals surface area contributed by atoms with Gasteiger partial charge in [-0.1, -0.05) is 51.7 Å². The van der Waals surface area contributed by atoms with E-state index in [4.69, 9.17) is 9.47 Å². The Hall–Kier alpha value is -1.32. The molecule has 1 aliphatic rings. The molecule has 0 amide bonds. The summed E-state index contributed by atoms with van der Waals surface area (Å²) in [6.45, 7) is 6.34. The predicted molar refractivity (Wildman–Crippen MR) is 81.7 cm³/mol. The Morgan fingerprint density at radius 1 is 1.05 bits per heavy atom. The van der Waals surface area contributed by atoms with Gasteiger partial charge in [0.25, 0.3) is 0 Å². The molecule has 4 nitrogen and oxygen atoms in total. The lowest BCUT2D eigenvalue weighted by Gasteiger charge is -2.28. The number of ether oxygens (including phenoxy) is 2. The molecule has 0 heterocycles. The minimum absolute atomic E-state index is 0.202. The zero-order chi connectivity index (χ0) is 15.5. The summed E-state index contributed by atoms with van der Waals surface area (Å²) in [6, 6.07) is 0. The molecule has 2 unspecified atom stereocenters. The topological polar surface area (TPSA) is 52.6 Å². The van der Waals surface area contributed by atoms with Crippen LogP contribution in [0.3, 0.4) is 0 Å². The largest absolute Gasteiger partial charge is 0.465 e. The molecule has 0 aliphatic heterocycles. The summed E-state index contributed by atoms with van der Waals surface area (Å²) in [4.78, 5) is 24.2. The highest BCUT2D eigenvalue weighted by Gasteiger charge is 2.37. The predicted octanol–water partition coefficient (Wildman–Crippen LogP) is 3.65. The number of carbonyl (C=O) groups is 2. The van der Waals surface area contributed by atoms with Crippen molar-refractivity contribution in [3.63, 3.8) is 0 Å². The van der Waals surface area contributed by atoms with Crippen molar-refractivity contribution in [3.05, 3.63) is 12.7 Å². The van der Waals surface area contributed by atoms with Crippen molar-refractivity contribution >= 4 is 11.9 Å². The molecule has 1 saturated carbocycles. The Balaban J connectivity index is 2.42. The molecule has 1 rings (SSSR count). The Labute approximate surface area is 127 Å². The first-order chi connectivity index (χ1) is 10.2. The van der Waals surface area contributed by atoms with Gasteiger partial charge in [0.1, 0.15) is 6.61 Å². The van der Waals surface area contributed by atoms with Crippen LogP contribution in [0.1, 0.15) is 58.3 Å². The van der Waals surface area contributed by atoms with Gasteiger partial charge in [-0.2, -0.15) is 0 Å². The molecule has 0 bridgehead atoms. The third kappa shape index (κ3) is 6.32. The standard InChI is InChI=1S/C17H28O4/c1-3-5-6-9-13-21-17(19)15-11-8-7-10-14(15)16(18)20-12-4-2/h4,14-15H,2-3,5-13H2,1H3. The second-order valence-corrected chi connectivity index (χ2v) is 5.64. The van der Waals surface area contributed by atoms with Crippen LogP contribution < -0.4 is 0 Å². The number of rotatable bonds is 9. The quantitative estimate of drug-likeness (QED) is 0.370. The molecule has 0 saturated heterocycles. The van der Waals surface area contributed by atoms with Crippen molar-refractivity contribution in [2.75, 3.05) is 13.2 Å². The first-order valence-electron chi connectivity index (χ1n) is 8.14. The van der Waals surface area contributed by atoms with Crippen LogP contribution in [0.2, 0.25) is 0 Å². The molecule has 120 valence electrons. The lowest BCUT2D eigenvalue weighted by molar-refractivity contribution is -0.162. The fourth-order valence-electron chi connectivity index (χ4n) is 2.75. The molecular weight excluding hydrogens is 268 g/mol. The summed E-state index contributed by atoms with van der Waals surface area (Å²) in [5.41, 5.74) is 0. The molecule has 1 fully saturated rings. The smallest absolute Gasteiger partial charge is 0.310 e. The first-order valence-corrected chi connectivity index (χ1v) is 8.14. The number of esters is 2. The molecule has 21 heavy (non-hydrogen) atoms. The maximum atomic E-state index is 12.2. The molecule has 0 aromatic carbocycles. The molecule has 4 heteroatoms. The van der Waals surface area contributed by atoms with Crippen molar-refractivity contribution in [1.29, 1.82) is 0 Å². The van der Waals surface area contributed by atoms with Crippen LogP contribution in [0.4, 0.5) is 0 Å². The van der Waals surface area contributed by atoms with Crippen LogP contribution in [0.25, 0.3) is 0 Å². The minimum atomic E-state index is -0.346. The van der Waals surface area contributed by atoms with Crippen molar-refractivity contribution < 1.29 is 19.1 Å². The summed E-state index contributed by atoms with van der Waals surface area (Å²) < 4.78 is 10.4. The monoisotopic (exact) mass is 296 g/mol. The number of hydrogen-bond acceptors (Lipinski definition) is 4. The van der Waals surface area contributed by atoms with Crippen LogP contribution in [0.15, 0.2) is 12.7 Å². The molecule has 0 aromatic heterocycles. The minimum Gasteiger partial charge on any atom is -0.465 e. The summed E-state index contributed by atoms with van der Waals surface area (Å²) in [7, 11) is 0. The number of hydrogen-bond donors (Lipinski definition) is 0. The Kier molecular flexibility index (Phi) is 8.79. The van der Waals surface area contributed by atoms with Gasteiger partial charge >= 0.3 is 11.9 Å². The fraction of sp³-hybridized carbons (Fsp3) is 0.765. The lowest BCUT2D eigenvalue weighted by atomic mass is 9.79. The van der Waals surface area contributed by atoms with E-state index in [1.807, 2.05) is 0 Å². The highest BCUT2D eigenvalue weighted by Crippen LogP contribution is 2.32. The van der Waals surface area contributed by atoms with Crippen LogP contribution in [0, 0.1) is 11.8 Å². The molecule has 1 aliphatic carbocycles. The molecule has 0 aromatic rings. The Bertz CT molecular complexity index is 338. The van der Waals surface area contributed by atoms with E-state index in [1.165, 1.54) is 0 Å². The van der Waals surface area contributed by atoms with E-state index in [0.717, 1.165) is 44.9 Å². The van der Waals surface area contributed by atoms with E-state index >= 15 is 0 Å². The SMILES string of the molecule is C=CCOC(=O)C1CCCCC1C(=O)OCCCCCC. The van der Waals surface area contributed by atoms with E-state index in [0.29, 0.717) is 13.0 Å². The Morgan fingerprint density at radius 2 is 1.67 bits per heavy atom. The first kappa shape index (κ1) is 17.7. The van der Waals surface area contributed by atoms with E-state index in [1.54, 1.807) is 6.08 Å². The average Bonchev–Trinajstić information content (AvgIpc) is 2.52. The summed E-state index contributed by atoms with van der Waals surface area (Å²) in [5.74, 6) is -1.20. The van der Waals surface area contributed by atoms with Crippen molar-refractivity contribution in [3.8, 4) is 0 Å². The van der Waals surface area contributed by atoms with Gasteiger partial charge < -0.3 is 9.47 Å². The second kappa shape index (κ2) is 10.4. The summed E-state index contributed by atoms with van der Waals surface area (Å²) in [5, 5.41) is 0. The fourth-order valence-corrected chi connectivity index (χ4v) is 2.75. The van der Waals surface area contributed by atoms with Gasteiger partial charge in [-0.15, -0.1) is 0 Å². The molecular formula is C17H28O4. The number of unbranched alkanes of at least 4 members (excludes halogenated alkanes) is 3. The third-order valence-corrected chi connectivity index (χ3v) is 3.96. The van der Waals surface area contributed by atoms with Gasteiger partial charge in [0.05, 0.1) is 18.4 Å². The zero-order valence-electron chi connectivity index (χ0n) is 13.1. The van der Waals surface area contributed by atoms with Gasteiger partial charge in [0.2, 0.25) is 0 Å². The summed E-state index contributed by atoms with van der Waals surface area (Å²) in [6.07, 6.45) is 9.23. The molecule has 0 spiro atoms. The van der Waals surface area contributed by atoms with E-state index in [-0.39, 0.29) is 30.4 Å². The third-order valence-electron chi connectivity index (χ3n) is 3.96. The molecule has 0 radical (unpaired) electrons. The highest BCUT2D eigenvalue weighted by molar-refractivity contribution is 5.82. The highest BCUT2D eigenvalue weighted by atomic mass is 16.5. The maximum absolute atomic E-state index is 12.2. The van der Waals surface area contributed by atoms with Gasteiger partial charge in [0.15, 0.2) is 0 Å². The van der Waals surface area contributed by atoms with E-state index in [9.17, 15) is 9.59 Å². The van der Waals surface area contributed by atoms with Crippen molar-refractivity contribution in [2.24, 2.45) is 11.8 Å². The van der Waals surface area contributed by atoms with Crippen LogP contribution >= 0.6 is 0 Å². The van der Waals surface area contributed by atoms with Crippen LogP contribution in [0.5, 0.6) is 0 Å². The lowest BCUT2D eigenvalue weighted by Crippen LogP contribution is -2.35. The van der Waals surface area contributed by atoms with Gasteiger partial charge in [-0.25, -0.2) is 0 Å². The molecule has 0 N–H and O–H groups in total. The van der Waals surface area contributed by atoms with Crippen LogP contribution in [-0.2, 0) is 19.1 Å². The maximum Gasteiger partial charge on any atom is 0.310 e. The van der Waals surface area contributed by atoms with Crippen LogP contribution in [-0.4, -0.2) is 25.2 Å². The van der Waals surface area contributed by atoms with Crippen molar-refractivity contribution in [2.45, 2.75) is 58.3 Å². The molecule has 2 atom stereocenters. The van der Waals surface area contributed by atoms with Gasteiger partial charge in [-0.3, -0.25) is 9.59 Å². The number of carbonyl (C=O) groups excluding carboxylic acids is 2. The van der Waals surface area contributed by atoms with E-state index < -0.39 is 0 Å². The normalized spacial score (nSPS) is 21.6. The van der Waals surface area contributed by atoms with Crippen molar-refractivity contribution in [1.82, 2.24) is 0 Å². The zero-order valence-corrected chi connectivity index (χ0v) is 13.1. The average molecular weight is 296 g/mol. The van der Waals surface area contributed by atoms with Gasteiger partial charge in [-0.05, 0) is 19.3 Å².